The second-order valence-electron chi connectivity index (χ2n) is 4.06. The minimum absolute atomic E-state index is 0.436. The Balaban J connectivity index is 2.40. The number of nitrogens with one attached hydrogen (secondary N) is 2. The third kappa shape index (κ3) is 6.19. The van der Waals surface area contributed by atoms with Gasteiger partial charge >= 0.3 is 6.18 Å². The number of alkyl halides is 3. The first-order chi connectivity index (χ1) is 8.78. The van der Waals surface area contributed by atoms with Gasteiger partial charge in [0.2, 0.25) is 5.91 Å². The van der Waals surface area contributed by atoms with Crippen LogP contribution in [0.25, 0.3) is 0 Å². The molecule has 0 saturated heterocycles. The average molecular weight is 278 g/mol. The second-order valence-corrected chi connectivity index (χ2v) is 4.06. The topological polar surface area (TPSA) is 41.1 Å². The lowest BCUT2D eigenvalue weighted by Gasteiger charge is -2.15. The van der Waals surface area contributed by atoms with E-state index in [2.05, 4.69) is 5.32 Å². The van der Waals surface area contributed by atoms with Gasteiger partial charge in [-0.3, -0.25) is 4.79 Å². The molecule has 0 aliphatic heterocycles. The summed E-state index contributed by atoms with van der Waals surface area (Å²) < 4.78 is 48.5. The van der Waals surface area contributed by atoms with Crippen LogP contribution in [0.2, 0.25) is 0 Å². The van der Waals surface area contributed by atoms with Crippen molar-refractivity contribution in [2.45, 2.75) is 19.1 Å². The predicted octanol–water partition coefficient (Wildman–Crippen LogP) is 2.15. The molecule has 0 unspecified atom stereocenters. The quantitative estimate of drug-likeness (QED) is 0.810. The Kier molecular flexibility index (Phi) is 5.29. The highest BCUT2D eigenvalue weighted by molar-refractivity contribution is 5.78. The molecule has 0 spiro atoms. The summed E-state index contributed by atoms with van der Waals surface area (Å²) in [5.41, 5.74) is 0.546. The fourth-order valence-corrected chi connectivity index (χ4v) is 1.47. The molecule has 0 saturated carbocycles. The van der Waals surface area contributed by atoms with E-state index >= 15 is 0 Å². The molecule has 2 N–H and O–H groups in total. The molecule has 3 nitrogen and oxygen atoms in total. The summed E-state index contributed by atoms with van der Waals surface area (Å²) in [6.45, 7) is -0.0512. The van der Waals surface area contributed by atoms with Gasteiger partial charge in [-0.1, -0.05) is 12.1 Å². The molecule has 1 atom stereocenters. The number of hydrogen-bond donors (Lipinski definition) is 2. The Bertz CT molecular complexity index is 434. The molecular formula is C12H14F4N2O. The monoisotopic (exact) mass is 278 g/mol. The van der Waals surface area contributed by atoms with Gasteiger partial charge < -0.3 is 10.6 Å². The fraction of sp³-hybridized carbons (Fsp3) is 0.417. The van der Waals surface area contributed by atoms with Crippen LogP contribution in [0.5, 0.6) is 0 Å². The van der Waals surface area contributed by atoms with Gasteiger partial charge in [0.1, 0.15) is 5.82 Å². The zero-order valence-corrected chi connectivity index (χ0v) is 10.2. The van der Waals surface area contributed by atoms with E-state index in [1.165, 1.54) is 18.2 Å². The third-order valence-corrected chi connectivity index (χ3v) is 2.34. The van der Waals surface area contributed by atoms with E-state index in [4.69, 9.17) is 0 Å². The highest BCUT2D eigenvalue weighted by Crippen LogP contribution is 2.13. The van der Waals surface area contributed by atoms with Crippen LogP contribution in [0.15, 0.2) is 24.3 Å². The van der Waals surface area contributed by atoms with Crippen LogP contribution in [-0.2, 0) is 4.79 Å². The third-order valence-electron chi connectivity index (χ3n) is 2.34. The van der Waals surface area contributed by atoms with E-state index in [0.29, 0.717) is 5.56 Å². The minimum Gasteiger partial charge on any atom is -0.348 e. The molecular weight excluding hydrogens is 264 g/mol. The Hall–Kier alpha value is -1.63. The van der Waals surface area contributed by atoms with Crippen molar-refractivity contribution in [1.29, 1.82) is 0 Å². The summed E-state index contributed by atoms with van der Waals surface area (Å²) in [4.78, 5) is 11.4. The van der Waals surface area contributed by atoms with Crippen LogP contribution in [0.1, 0.15) is 18.5 Å². The lowest BCUT2D eigenvalue weighted by Crippen LogP contribution is -2.39. The molecule has 0 heterocycles. The first kappa shape index (κ1) is 15.4. The maximum atomic E-state index is 12.9. The number of carbonyl (C=O) groups is 1. The van der Waals surface area contributed by atoms with Crippen molar-refractivity contribution in [3.05, 3.63) is 35.6 Å². The first-order valence-corrected chi connectivity index (χ1v) is 5.60. The van der Waals surface area contributed by atoms with Gasteiger partial charge in [0.05, 0.1) is 19.1 Å². The summed E-state index contributed by atoms with van der Waals surface area (Å²) in [5, 5.41) is 4.46. The van der Waals surface area contributed by atoms with Crippen molar-refractivity contribution in [3.8, 4) is 0 Å². The Labute approximate surface area is 108 Å². The molecule has 0 aliphatic rings. The zero-order chi connectivity index (χ0) is 14.5. The van der Waals surface area contributed by atoms with Crippen LogP contribution in [-0.4, -0.2) is 25.2 Å². The van der Waals surface area contributed by atoms with Gasteiger partial charge in [0.25, 0.3) is 0 Å². The highest BCUT2D eigenvalue weighted by atomic mass is 19.4. The molecule has 0 radical (unpaired) electrons. The Morgan fingerprint density at radius 2 is 2.05 bits per heavy atom. The molecule has 0 aromatic heterocycles. The summed E-state index contributed by atoms with van der Waals surface area (Å²) in [5.74, 6) is -1.02. The molecule has 0 fully saturated rings. The van der Waals surface area contributed by atoms with Gasteiger partial charge in [0.15, 0.2) is 0 Å². The van der Waals surface area contributed by atoms with Crippen LogP contribution >= 0.6 is 0 Å². The van der Waals surface area contributed by atoms with Crippen LogP contribution in [0, 0.1) is 5.82 Å². The molecule has 0 bridgehead atoms. The van der Waals surface area contributed by atoms with Crippen molar-refractivity contribution >= 4 is 5.91 Å². The van der Waals surface area contributed by atoms with Gasteiger partial charge in [-0.2, -0.15) is 13.2 Å². The maximum absolute atomic E-state index is 12.9. The lowest BCUT2D eigenvalue weighted by molar-refractivity contribution is -0.128. The first-order valence-electron chi connectivity index (χ1n) is 5.60. The second kappa shape index (κ2) is 6.51. The van der Waals surface area contributed by atoms with E-state index in [1.54, 1.807) is 13.0 Å². The SMILES string of the molecule is C[C@@H](NC(=O)CNCC(F)(F)F)c1cccc(F)c1. The smallest absolute Gasteiger partial charge is 0.348 e. The van der Waals surface area contributed by atoms with E-state index < -0.39 is 37.0 Å². The number of carbonyl (C=O) groups excluding carboxylic acids is 1. The molecule has 106 valence electrons. The Morgan fingerprint density at radius 3 is 2.63 bits per heavy atom. The van der Waals surface area contributed by atoms with Crippen molar-refractivity contribution in [3.63, 3.8) is 0 Å². The normalized spacial score (nSPS) is 13.1. The van der Waals surface area contributed by atoms with E-state index in [9.17, 15) is 22.4 Å². The predicted molar refractivity (Wildman–Crippen MR) is 61.9 cm³/mol. The standard InChI is InChI=1S/C12H14F4N2O/c1-8(9-3-2-4-10(13)5-9)18-11(19)6-17-7-12(14,15)16/h2-5,8,17H,6-7H2,1H3,(H,18,19)/t8-/m1/s1. The van der Waals surface area contributed by atoms with Crippen molar-refractivity contribution in [2.24, 2.45) is 0 Å². The van der Waals surface area contributed by atoms with Crippen LogP contribution < -0.4 is 10.6 Å². The minimum atomic E-state index is -4.35. The summed E-state index contributed by atoms with van der Waals surface area (Å²) in [7, 11) is 0. The van der Waals surface area contributed by atoms with Crippen LogP contribution in [0.4, 0.5) is 17.6 Å². The lowest BCUT2D eigenvalue weighted by atomic mass is 10.1. The largest absolute Gasteiger partial charge is 0.401 e. The summed E-state index contributed by atoms with van der Waals surface area (Å²) in [6.07, 6.45) is -4.35. The highest BCUT2D eigenvalue weighted by Gasteiger charge is 2.26. The molecule has 1 aromatic rings. The number of rotatable bonds is 5. The summed E-state index contributed by atoms with van der Waals surface area (Å²) in [6, 6.07) is 5.17. The zero-order valence-electron chi connectivity index (χ0n) is 10.2. The number of benzene rings is 1. The average Bonchev–Trinajstić information content (AvgIpc) is 2.27. The van der Waals surface area contributed by atoms with Crippen molar-refractivity contribution < 1.29 is 22.4 Å². The fourth-order valence-electron chi connectivity index (χ4n) is 1.47. The summed E-state index contributed by atoms with van der Waals surface area (Å²) >= 11 is 0. The van der Waals surface area contributed by atoms with Gasteiger partial charge in [-0.25, -0.2) is 4.39 Å². The Morgan fingerprint density at radius 1 is 1.37 bits per heavy atom. The molecule has 7 heteroatoms. The van der Waals surface area contributed by atoms with Crippen molar-refractivity contribution in [1.82, 2.24) is 10.6 Å². The van der Waals surface area contributed by atoms with Gasteiger partial charge in [-0.05, 0) is 24.6 Å². The molecule has 1 amide bonds. The molecule has 1 aromatic carbocycles. The number of hydrogen-bond acceptors (Lipinski definition) is 2. The van der Waals surface area contributed by atoms with Gasteiger partial charge in [0, 0.05) is 0 Å². The molecule has 0 aliphatic carbocycles. The van der Waals surface area contributed by atoms with Crippen LogP contribution in [0.3, 0.4) is 0 Å². The maximum Gasteiger partial charge on any atom is 0.401 e. The molecule has 19 heavy (non-hydrogen) atoms. The number of amides is 1. The van der Waals surface area contributed by atoms with Gasteiger partial charge in [-0.15, -0.1) is 0 Å². The van der Waals surface area contributed by atoms with E-state index in [1.807, 2.05) is 5.32 Å². The molecule has 1 rings (SSSR count). The van der Waals surface area contributed by atoms with E-state index in [0.717, 1.165) is 0 Å². The van der Waals surface area contributed by atoms with Crippen molar-refractivity contribution in [2.75, 3.05) is 13.1 Å². The van der Waals surface area contributed by atoms with E-state index in [-0.39, 0.29) is 0 Å². The number of halogens is 4.